The molecule has 4 aliphatic heterocycles. The Morgan fingerprint density at radius 2 is 1.89 bits per heavy atom. The lowest BCUT2D eigenvalue weighted by molar-refractivity contribution is -0.138. The number of rotatable bonds is 6. The van der Waals surface area contributed by atoms with E-state index in [1.165, 1.54) is 4.90 Å². The van der Waals surface area contributed by atoms with Gasteiger partial charge in [-0.15, -0.1) is 0 Å². The number of hydrogen-bond donors (Lipinski definition) is 1. The number of Topliss-reactive ketones (excluding diaryl/α,β-unsaturated/α-hetero) is 1. The number of ether oxygens (including phenoxy) is 1. The zero-order valence-corrected chi connectivity index (χ0v) is 23.0. The average molecular weight is 546 g/mol. The summed E-state index contributed by atoms with van der Waals surface area (Å²) in [5.74, 6) is -0.133. The molecule has 5 rings (SSSR count). The van der Waals surface area contributed by atoms with E-state index < -0.39 is 30.3 Å². The van der Waals surface area contributed by atoms with Gasteiger partial charge in [-0.05, 0) is 37.1 Å². The van der Waals surface area contributed by atoms with Gasteiger partial charge in [0.1, 0.15) is 31.0 Å². The molecule has 1 aromatic carbocycles. The van der Waals surface area contributed by atoms with E-state index in [-0.39, 0.29) is 36.8 Å². The SMILES string of the molecule is CC(C)C[C@H](NC(=O)c1ccc(C2CSC(N3CCN(C)CC3)=N2)cc1)C(=O)N1C[C@H](F)[C@H]2OCC(=O)[C@H]21. The van der Waals surface area contributed by atoms with E-state index >= 15 is 0 Å². The number of amidine groups is 1. The first kappa shape index (κ1) is 27.1. The summed E-state index contributed by atoms with van der Waals surface area (Å²) < 4.78 is 19.7. The first-order valence-electron chi connectivity index (χ1n) is 13.3. The number of alkyl halides is 1. The minimum Gasteiger partial charge on any atom is -0.365 e. The van der Waals surface area contributed by atoms with Crippen molar-refractivity contribution >= 4 is 34.5 Å². The van der Waals surface area contributed by atoms with Gasteiger partial charge in [0.15, 0.2) is 11.0 Å². The normalized spacial score (nSPS) is 28.6. The van der Waals surface area contributed by atoms with E-state index in [0.29, 0.717) is 12.0 Å². The van der Waals surface area contributed by atoms with Gasteiger partial charge in [0, 0.05) is 37.5 Å². The van der Waals surface area contributed by atoms with Crippen LogP contribution in [-0.4, -0.2) is 114 Å². The van der Waals surface area contributed by atoms with Crippen LogP contribution in [0.15, 0.2) is 29.3 Å². The molecule has 3 fully saturated rings. The number of fused-ring (bicyclic) bond motifs is 1. The quantitative estimate of drug-likeness (QED) is 0.582. The highest BCUT2D eigenvalue weighted by Gasteiger charge is 2.53. The summed E-state index contributed by atoms with van der Waals surface area (Å²) >= 11 is 1.78. The molecule has 9 nitrogen and oxygen atoms in total. The monoisotopic (exact) mass is 545 g/mol. The van der Waals surface area contributed by atoms with Crippen molar-refractivity contribution in [1.82, 2.24) is 20.0 Å². The molecule has 0 radical (unpaired) electrons. The van der Waals surface area contributed by atoms with Crippen LogP contribution in [0.5, 0.6) is 0 Å². The van der Waals surface area contributed by atoms with Gasteiger partial charge < -0.3 is 24.8 Å². The van der Waals surface area contributed by atoms with Gasteiger partial charge in [-0.1, -0.05) is 37.7 Å². The molecule has 3 saturated heterocycles. The van der Waals surface area contributed by atoms with Crippen molar-refractivity contribution in [2.75, 3.05) is 52.1 Å². The third kappa shape index (κ3) is 5.60. The zero-order valence-electron chi connectivity index (χ0n) is 22.1. The number of likely N-dealkylation sites (tertiary alicyclic amines) is 1. The number of amides is 2. The number of hydrogen-bond acceptors (Lipinski definition) is 8. The number of piperazine rings is 1. The lowest BCUT2D eigenvalue weighted by Crippen LogP contribution is -2.52. The molecule has 1 unspecified atom stereocenters. The van der Waals surface area contributed by atoms with Crippen LogP contribution in [0, 0.1) is 5.92 Å². The molecule has 206 valence electrons. The second-order valence-electron chi connectivity index (χ2n) is 11.0. The summed E-state index contributed by atoms with van der Waals surface area (Å²) in [7, 11) is 2.13. The minimum absolute atomic E-state index is 0.0463. The van der Waals surface area contributed by atoms with E-state index in [0.717, 1.165) is 42.7 Å². The third-order valence-electron chi connectivity index (χ3n) is 7.68. The van der Waals surface area contributed by atoms with Gasteiger partial charge >= 0.3 is 0 Å². The van der Waals surface area contributed by atoms with Crippen molar-refractivity contribution in [3.63, 3.8) is 0 Å². The molecule has 0 saturated carbocycles. The minimum atomic E-state index is -1.41. The molecule has 1 N–H and O–H groups in total. The Balaban J connectivity index is 1.24. The van der Waals surface area contributed by atoms with Crippen LogP contribution in [0.4, 0.5) is 4.39 Å². The first-order valence-corrected chi connectivity index (χ1v) is 14.3. The number of carbonyl (C=O) groups is 3. The largest absolute Gasteiger partial charge is 0.365 e. The van der Waals surface area contributed by atoms with Crippen LogP contribution >= 0.6 is 11.8 Å². The predicted octanol–water partition coefficient (Wildman–Crippen LogP) is 1.74. The van der Waals surface area contributed by atoms with Crippen LogP contribution in [-0.2, 0) is 14.3 Å². The Morgan fingerprint density at radius 3 is 2.58 bits per heavy atom. The summed E-state index contributed by atoms with van der Waals surface area (Å²) in [6.45, 7) is 7.55. The lowest BCUT2D eigenvalue weighted by atomic mass is 10.0. The van der Waals surface area contributed by atoms with Crippen LogP contribution < -0.4 is 5.32 Å². The fraction of sp³-hybridized carbons (Fsp3) is 0.630. The van der Waals surface area contributed by atoms with Gasteiger partial charge in [0.05, 0.1) is 12.6 Å². The maximum atomic E-state index is 14.5. The van der Waals surface area contributed by atoms with Crippen molar-refractivity contribution in [3.8, 4) is 0 Å². The molecule has 1 aromatic rings. The summed E-state index contributed by atoms with van der Waals surface area (Å²) in [6.07, 6.45) is -1.94. The number of ketones is 1. The highest BCUT2D eigenvalue weighted by atomic mass is 32.2. The number of carbonyl (C=O) groups excluding carboxylic acids is 3. The molecule has 0 bridgehead atoms. The van der Waals surface area contributed by atoms with Crippen molar-refractivity contribution in [1.29, 1.82) is 0 Å². The van der Waals surface area contributed by atoms with Gasteiger partial charge in [0.2, 0.25) is 5.91 Å². The average Bonchev–Trinajstić information content (AvgIpc) is 3.62. The van der Waals surface area contributed by atoms with E-state index in [9.17, 15) is 18.8 Å². The highest BCUT2D eigenvalue weighted by molar-refractivity contribution is 8.14. The Hall–Kier alpha value is -2.50. The second-order valence-corrected chi connectivity index (χ2v) is 12.0. The molecular weight excluding hydrogens is 509 g/mol. The van der Waals surface area contributed by atoms with Gasteiger partial charge in [-0.25, -0.2) is 4.39 Å². The van der Waals surface area contributed by atoms with Crippen molar-refractivity contribution in [3.05, 3.63) is 35.4 Å². The molecule has 4 heterocycles. The smallest absolute Gasteiger partial charge is 0.251 e. The van der Waals surface area contributed by atoms with E-state index in [2.05, 4.69) is 22.2 Å². The number of benzene rings is 1. The number of nitrogens with one attached hydrogen (secondary N) is 1. The zero-order chi connectivity index (χ0) is 27.0. The molecular formula is C27H36FN5O4S. The number of nitrogens with zero attached hydrogens (tertiary/aromatic N) is 4. The van der Waals surface area contributed by atoms with Crippen molar-refractivity contribution in [2.45, 2.75) is 50.7 Å². The van der Waals surface area contributed by atoms with Crippen molar-refractivity contribution < 1.29 is 23.5 Å². The number of thioether (sulfide) groups is 1. The van der Waals surface area contributed by atoms with Gasteiger partial charge in [0.25, 0.3) is 5.91 Å². The van der Waals surface area contributed by atoms with Crippen molar-refractivity contribution in [2.24, 2.45) is 10.9 Å². The topological polar surface area (TPSA) is 94.6 Å². The lowest BCUT2D eigenvalue weighted by Gasteiger charge is -2.33. The standard InChI is InChI=1S/C27H36FN5O4S/c1-16(2)12-20(26(36)33-13-19(28)24-23(33)22(34)14-37-24)29-25(35)18-6-4-17(5-7-18)21-15-38-27(30-21)32-10-8-31(3)9-11-32/h4-7,16,19-21,23-24H,8-15H2,1-3H3,(H,29,35)/t19-,20-,21?,23+,24+/m0/s1. The van der Waals surface area contributed by atoms with Gasteiger partial charge in [-0.2, -0.15) is 0 Å². The maximum Gasteiger partial charge on any atom is 0.251 e. The number of halogens is 1. The summed E-state index contributed by atoms with van der Waals surface area (Å²) in [4.78, 5) is 49.7. The molecule has 0 spiro atoms. The summed E-state index contributed by atoms with van der Waals surface area (Å²) in [5.41, 5.74) is 1.48. The Kier molecular flexibility index (Phi) is 8.06. The fourth-order valence-corrected chi connectivity index (χ4v) is 6.66. The molecule has 11 heteroatoms. The number of aliphatic imine (C=N–C) groups is 1. The Morgan fingerprint density at radius 1 is 1.18 bits per heavy atom. The first-order chi connectivity index (χ1) is 18.2. The van der Waals surface area contributed by atoms with Gasteiger partial charge in [-0.3, -0.25) is 19.4 Å². The highest BCUT2D eigenvalue weighted by Crippen LogP contribution is 2.33. The second kappa shape index (κ2) is 11.3. The Labute approximate surface area is 227 Å². The van der Waals surface area contributed by atoms with E-state index in [1.54, 1.807) is 23.9 Å². The molecule has 0 aromatic heterocycles. The predicted molar refractivity (Wildman–Crippen MR) is 144 cm³/mol. The van der Waals surface area contributed by atoms with E-state index in [4.69, 9.17) is 9.73 Å². The third-order valence-corrected chi connectivity index (χ3v) is 8.79. The summed E-state index contributed by atoms with van der Waals surface area (Å²) in [6, 6.07) is 5.63. The fourth-order valence-electron chi connectivity index (χ4n) is 5.52. The van der Waals surface area contributed by atoms with E-state index in [1.807, 2.05) is 26.0 Å². The molecule has 0 aliphatic carbocycles. The van der Waals surface area contributed by atoms with Crippen LogP contribution in [0.1, 0.15) is 42.2 Å². The summed E-state index contributed by atoms with van der Waals surface area (Å²) in [5, 5.41) is 3.94. The molecule has 5 atom stereocenters. The molecule has 38 heavy (non-hydrogen) atoms. The molecule has 2 amide bonds. The Bertz CT molecular complexity index is 1090. The van der Waals surface area contributed by atoms with Crippen LogP contribution in [0.25, 0.3) is 0 Å². The van der Waals surface area contributed by atoms with Crippen LogP contribution in [0.2, 0.25) is 0 Å². The number of likely N-dealkylation sites (N-methyl/N-ethyl adjacent to an activating group) is 1. The maximum absolute atomic E-state index is 14.5. The van der Waals surface area contributed by atoms with Crippen LogP contribution in [0.3, 0.4) is 0 Å². The molecule has 4 aliphatic rings.